The second kappa shape index (κ2) is 12.7. The Morgan fingerprint density at radius 1 is 0.426 bits per heavy atom. The zero-order valence-corrected chi connectivity index (χ0v) is 34.7. The van der Waals surface area contributed by atoms with Gasteiger partial charge in [0.15, 0.2) is 0 Å². The summed E-state index contributed by atoms with van der Waals surface area (Å²) >= 11 is 1.88. The number of anilines is 3. The lowest BCUT2D eigenvalue weighted by atomic mass is 9.53. The Balaban J connectivity index is 1.11. The number of hydrogen-bond acceptors (Lipinski definition) is 2. The number of aromatic nitrogens is 1. The monoisotopic (exact) mass is 796 g/mol. The normalized spacial score (nSPS) is 15.9. The van der Waals surface area contributed by atoms with Crippen LogP contribution in [0.1, 0.15) is 47.2 Å². The molecule has 1 spiro atoms. The highest BCUT2D eigenvalue weighted by molar-refractivity contribution is 7.26. The maximum atomic E-state index is 2.53. The lowest BCUT2D eigenvalue weighted by Crippen LogP contribution is -2.44. The molecule has 288 valence electrons. The molecule has 2 nitrogen and oxygen atoms in total. The highest BCUT2D eigenvalue weighted by Gasteiger charge is 2.52. The van der Waals surface area contributed by atoms with E-state index < -0.39 is 5.41 Å². The van der Waals surface area contributed by atoms with Gasteiger partial charge < -0.3 is 9.47 Å². The third kappa shape index (κ3) is 4.62. The second-order valence-electron chi connectivity index (χ2n) is 17.2. The van der Waals surface area contributed by atoms with E-state index in [0.717, 1.165) is 11.4 Å². The summed E-state index contributed by atoms with van der Waals surface area (Å²) in [6.07, 6.45) is 0. The lowest BCUT2D eigenvalue weighted by molar-refractivity contribution is 0.556. The average Bonchev–Trinajstić information content (AvgIpc) is 3.87. The molecule has 0 N–H and O–H groups in total. The lowest BCUT2D eigenvalue weighted by Gasteiger charge is -2.50. The molecule has 11 aromatic rings. The van der Waals surface area contributed by atoms with Crippen LogP contribution in [0.5, 0.6) is 0 Å². The van der Waals surface area contributed by atoms with Crippen molar-refractivity contribution in [2.45, 2.75) is 24.7 Å². The maximum absolute atomic E-state index is 2.53. The fourth-order valence-corrected chi connectivity index (χ4v) is 12.4. The molecule has 13 rings (SSSR count). The first kappa shape index (κ1) is 34.6. The quantitative estimate of drug-likeness (QED) is 0.172. The van der Waals surface area contributed by atoms with E-state index in [4.69, 9.17) is 0 Å². The summed E-state index contributed by atoms with van der Waals surface area (Å²) in [5.41, 5.74) is 16.9. The van der Waals surface area contributed by atoms with Crippen LogP contribution in [-0.4, -0.2) is 4.57 Å². The van der Waals surface area contributed by atoms with Gasteiger partial charge in [-0.15, -0.1) is 11.3 Å². The van der Waals surface area contributed by atoms with Crippen molar-refractivity contribution in [2.75, 3.05) is 4.90 Å². The predicted octanol–water partition coefficient (Wildman–Crippen LogP) is 15.6. The fourth-order valence-electron chi connectivity index (χ4n) is 11.2. The molecule has 0 fully saturated rings. The van der Waals surface area contributed by atoms with Crippen LogP contribution in [0.3, 0.4) is 0 Å². The Hall–Kier alpha value is -7.20. The van der Waals surface area contributed by atoms with E-state index in [-0.39, 0.29) is 5.41 Å². The topological polar surface area (TPSA) is 8.17 Å². The standard InChI is InChI=1S/C58H40N2S/c1-57(2)45-22-8-9-23-46(45)58(48-24-10-12-27-52(48)60-51-26-11-6-18-41(51)43-20-14-25-49(58)55(43)60)47-35-34-40(36-50(47)57)59(39-32-30-38(31-33-39)37-16-4-3-5-17-37)53-28-15-21-44-42-19-7-13-29-54(42)61-56(44)53/h3-36H,1-2H3. The molecule has 9 aromatic carbocycles. The van der Waals surface area contributed by atoms with Crippen molar-refractivity contribution in [1.29, 1.82) is 0 Å². The van der Waals surface area contributed by atoms with Crippen molar-refractivity contribution < 1.29 is 0 Å². The van der Waals surface area contributed by atoms with Crippen LogP contribution in [0, 0.1) is 0 Å². The molecule has 1 aliphatic carbocycles. The Labute approximate surface area is 359 Å². The van der Waals surface area contributed by atoms with E-state index >= 15 is 0 Å². The van der Waals surface area contributed by atoms with Crippen molar-refractivity contribution in [3.05, 3.63) is 240 Å². The minimum atomic E-state index is -0.548. The first-order valence-electron chi connectivity index (χ1n) is 21.3. The summed E-state index contributed by atoms with van der Waals surface area (Å²) in [7, 11) is 0. The minimum absolute atomic E-state index is 0.299. The van der Waals surface area contributed by atoms with Crippen LogP contribution in [0.2, 0.25) is 0 Å². The van der Waals surface area contributed by atoms with Gasteiger partial charge in [0, 0.05) is 43.0 Å². The summed E-state index contributed by atoms with van der Waals surface area (Å²) in [6, 6.07) is 77.2. The molecule has 2 aromatic heterocycles. The molecule has 0 saturated heterocycles. The van der Waals surface area contributed by atoms with Gasteiger partial charge in [-0.3, -0.25) is 0 Å². The Kier molecular flexibility index (Phi) is 7.19. The predicted molar refractivity (Wildman–Crippen MR) is 258 cm³/mol. The molecule has 0 saturated carbocycles. The van der Waals surface area contributed by atoms with E-state index in [1.54, 1.807) is 0 Å². The highest BCUT2D eigenvalue weighted by atomic mass is 32.1. The van der Waals surface area contributed by atoms with Crippen molar-refractivity contribution in [3.63, 3.8) is 0 Å². The average molecular weight is 797 g/mol. The number of benzene rings is 9. The van der Waals surface area contributed by atoms with Crippen LogP contribution in [0.15, 0.2) is 206 Å². The van der Waals surface area contributed by atoms with E-state index in [1.807, 2.05) is 11.3 Å². The van der Waals surface area contributed by atoms with E-state index in [9.17, 15) is 0 Å². The van der Waals surface area contributed by atoms with E-state index in [0.29, 0.717) is 0 Å². The SMILES string of the molecule is CC1(C)c2ccccc2C2(c3ccccc3-n3c4ccccc4c4cccc2c43)c2ccc(N(c3ccc(-c4ccccc4)cc3)c3cccc4c3sc3ccccc34)cc21. The molecule has 3 heteroatoms. The number of thiophene rings is 1. The van der Waals surface area contributed by atoms with Crippen molar-refractivity contribution in [1.82, 2.24) is 4.57 Å². The zero-order valence-electron chi connectivity index (χ0n) is 33.9. The number of para-hydroxylation sites is 3. The number of nitrogens with zero attached hydrogens (tertiary/aromatic N) is 2. The van der Waals surface area contributed by atoms with Gasteiger partial charge in [-0.2, -0.15) is 0 Å². The highest BCUT2D eigenvalue weighted by Crippen LogP contribution is 2.61. The third-order valence-corrected chi connectivity index (χ3v) is 15.1. The van der Waals surface area contributed by atoms with Gasteiger partial charge in [-0.25, -0.2) is 0 Å². The molecular weight excluding hydrogens is 757 g/mol. The smallest absolute Gasteiger partial charge is 0.0748 e. The summed E-state index contributed by atoms with van der Waals surface area (Å²) in [6.45, 7) is 4.86. The molecular formula is C58H40N2S. The molecule has 0 radical (unpaired) electrons. The van der Waals surface area contributed by atoms with Crippen LogP contribution < -0.4 is 4.90 Å². The molecule has 61 heavy (non-hydrogen) atoms. The van der Waals surface area contributed by atoms with Gasteiger partial charge in [0.25, 0.3) is 0 Å². The van der Waals surface area contributed by atoms with E-state index in [1.165, 1.54) is 97.9 Å². The number of hydrogen-bond donors (Lipinski definition) is 0. The van der Waals surface area contributed by atoms with Crippen LogP contribution in [0.25, 0.3) is 58.8 Å². The number of rotatable bonds is 4. The summed E-state index contributed by atoms with van der Waals surface area (Å²) in [5, 5.41) is 5.17. The maximum Gasteiger partial charge on any atom is 0.0748 e. The van der Waals surface area contributed by atoms with Gasteiger partial charge in [-0.1, -0.05) is 172 Å². The van der Waals surface area contributed by atoms with Gasteiger partial charge in [0.05, 0.1) is 32.5 Å². The molecule has 1 unspecified atom stereocenters. The van der Waals surface area contributed by atoms with Crippen LogP contribution >= 0.6 is 11.3 Å². The molecule has 0 amide bonds. The zero-order chi connectivity index (χ0) is 40.5. The second-order valence-corrected chi connectivity index (χ2v) is 18.3. The van der Waals surface area contributed by atoms with Crippen molar-refractivity contribution in [3.8, 4) is 16.8 Å². The van der Waals surface area contributed by atoms with Gasteiger partial charge in [0.2, 0.25) is 0 Å². The Morgan fingerprint density at radius 3 is 1.89 bits per heavy atom. The van der Waals surface area contributed by atoms with Gasteiger partial charge in [-0.05, 0) is 93.0 Å². The molecule has 2 aliphatic rings. The van der Waals surface area contributed by atoms with Crippen molar-refractivity contribution in [2.24, 2.45) is 0 Å². The van der Waals surface area contributed by atoms with Crippen molar-refractivity contribution >= 4 is 70.4 Å². The molecule has 1 atom stereocenters. The summed E-state index contributed by atoms with van der Waals surface area (Å²) in [5.74, 6) is 0. The summed E-state index contributed by atoms with van der Waals surface area (Å²) < 4.78 is 5.12. The minimum Gasteiger partial charge on any atom is -0.309 e. The Morgan fingerprint density at radius 2 is 1.03 bits per heavy atom. The largest absolute Gasteiger partial charge is 0.309 e. The molecule has 1 aliphatic heterocycles. The van der Waals surface area contributed by atoms with Crippen LogP contribution in [0.4, 0.5) is 17.1 Å². The van der Waals surface area contributed by atoms with Gasteiger partial charge >= 0.3 is 0 Å². The molecule has 0 bridgehead atoms. The van der Waals surface area contributed by atoms with Gasteiger partial charge in [0.1, 0.15) is 0 Å². The first-order valence-corrected chi connectivity index (χ1v) is 22.1. The summed E-state index contributed by atoms with van der Waals surface area (Å²) in [4.78, 5) is 2.50. The van der Waals surface area contributed by atoms with Crippen LogP contribution in [-0.2, 0) is 10.8 Å². The van der Waals surface area contributed by atoms with E-state index in [2.05, 4.69) is 230 Å². The fraction of sp³-hybridized carbons (Fsp3) is 0.0690. The number of fused-ring (bicyclic) bond motifs is 14. The molecule has 3 heterocycles. The third-order valence-electron chi connectivity index (χ3n) is 13.8. The Bertz CT molecular complexity index is 3570. The first-order chi connectivity index (χ1) is 30.0.